The standard InChI is InChI=1S/C14H20N6O2/c1-2-3-9-22-14-11(5-4-8-15-14)10-16-13(21)7-6-12-17-19-20-18-12/h4-5,8H,2-3,6-7,9-10H2,1H3,(H,16,21)(H,17,18,19,20). The summed E-state index contributed by atoms with van der Waals surface area (Å²) in [6.45, 7) is 3.12. The predicted molar refractivity (Wildman–Crippen MR) is 79.0 cm³/mol. The Kier molecular flexibility index (Phi) is 6.28. The molecule has 0 saturated carbocycles. The molecule has 22 heavy (non-hydrogen) atoms. The third-order valence-electron chi connectivity index (χ3n) is 3.03. The number of amides is 1. The van der Waals surface area contributed by atoms with Crippen LogP contribution < -0.4 is 10.1 Å². The second-order valence-corrected chi connectivity index (χ2v) is 4.77. The van der Waals surface area contributed by atoms with Gasteiger partial charge < -0.3 is 10.1 Å². The average molecular weight is 304 g/mol. The topological polar surface area (TPSA) is 106 Å². The lowest BCUT2D eigenvalue weighted by molar-refractivity contribution is -0.121. The van der Waals surface area contributed by atoms with E-state index >= 15 is 0 Å². The van der Waals surface area contributed by atoms with E-state index in [2.05, 4.69) is 37.8 Å². The van der Waals surface area contributed by atoms with E-state index in [1.54, 1.807) is 6.20 Å². The number of rotatable bonds is 9. The summed E-state index contributed by atoms with van der Waals surface area (Å²) in [5.74, 6) is 1.03. The summed E-state index contributed by atoms with van der Waals surface area (Å²) in [5.41, 5.74) is 0.867. The maximum atomic E-state index is 11.8. The molecule has 2 aromatic rings. The Bertz CT molecular complexity index is 572. The van der Waals surface area contributed by atoms with Gasteiger partial charge in [0.15, 0.2) is 5.82 Å². The first kappa shape index (κ1) is 15.9. The molecule has 0 spiro atoms. The summed E-state index contributed by atoms with van der Waals surface area (Å²) in [7, 11) is 0. The number of hydrogen-bond donors (Lipinski definition) is 2. The summed E-state index contributed by atoms with van der Waals surface area (Å²) < 4.78 is 5.63. The third kappa shape index (κ3) is 5.12. The van der Waals surface area contributed by atoms with Gasteiger partial charge in [-0.3, -0.25) is 4.79 Å². The number of pyridine rings is 1. The lowest BCUT2D eigenvalue weighted by atomic mass is 10.2. The Balaban J connectivity index is 1.79. The van der Waals surface area contributed by atoms with E-state index < -0.39 is 0 Å². The quantitative estimate of drug-likeness (QED) is 0.670. The molecular weight excluding hydrogens is 284 g/mol. The summed E-state index contributed by atoms with van der Waals surface area (Å²) in [5, 5.41) is 16.3. The van der Waals surface area contributed by atoms with Crippen molar-refractivity contribution < 1.29 is 9.53 Å². The van der Waals surface area contributed by atoms with Gasteiger partial charge in [-0.2, -0.15) is 5.21 Å². The molecule has 8 heteroatoms. The molecule has 0 aliphatic heterocycles. The van der Waals surface area contributed by atoms with Gasteiger partial charge in [0, 0.05) is 31.1 Å². The number of aromatic nitrogens is 5. The zero-order valence-electron chi connectivity index (χ0n) is 12.6. The minimum absolute atomic E-state index is 0.0758. The third-order valence-corrected chi connectivity index (χ3v) is 3.03. The first-order valence-corrected chi connectivity index (χ1v) is 7.35. The normalized spacial score (nSPS) is 10.4. The SMILES string of the molecule is CCCCOc1ncccc1CNC(=O)CCc1nn[nH]n1. The van der Waals surface area contributed by atoms with Crippen LogP contribution in [0.2, 0.25) is 0 Å². The number of nitrogens with zero attached hydrogens (tertiary/aromatic N) is 4. The van der Waals surface area contributed by atoms with Crippen LogP contribution in [0.15, 0.2) is 18.3 Å². The van der Waals surface area contributed by atoms with Gasteiger partial charge in [-0.15, -0.1) is 10.2 Å². The highest BCUT2D eigenvalue weighted by Gasteiger charge is 2.08. The van der Waals surface area contributed by atoms with Crippen LogP contribution in [-0.2, 0) is 17.8 Å². The smallest absolute Gasteiger partial charge is 0.220 e. The van der Waals surface area contributed by atoms with Crippen molar-refractivity contribution in [2.45, 2.75) is 39.2 Å². The lowest BCUT2D eigenvalue weighted by Crippen LogP contribution is -2.23. The van der Waals surface area contributed by atoms with Crippen molar-refractivity contribution in [2.75, 3.05) is 6.61 Å². The number of aryl methyl sites for hydroxylation is 1. The Morgan fingerprint density at radius 3 is 3.14 bits per heavy atom. The molecule has 0 radical (unpaired) electrons. The Hall–Kier alpha value is -2.51. The fourth-order valence-electron chi connectivity index (χ4n) is 1.80. The zero-order chi connectivity index (χ0) is 15.6. The van der Waals surface area contributed by atoms with Crippen molar-refractivity contribution in [3.05, 3.63) is 29.7 Å². The number of nitrogens with one attached hydrogen (secondary N) is 2. The van der Waals surface area contributed by atoms with Gasteiger partial charge in [-0.1, -0.05) is 24.6 Å². The molecule has 2 heterocycles. The minimum atomic E-state index is -0.0758. The molecule has 8 nitrogen and oxygen atoms in total. The van der Waals surface area contributed by atoms with Crippen molar-refractivity contribution in [3.8, 4) is 5.88 Å². The second kappa shape index (κ2) is 8.71. The van der Waals surface area contributed by atoms with Gasteiger partial charge in [0.1, 0.15) is 0 Å². The number of ether oxygens (including phenoxy) is 1. The van der Waals surface area contributed by atoms with Crippen LogP contribution in [0.25, 0.3) is 0 Å². The summed E-state index contributed by atoms with van der Waals surface area (Å²) in [6.07, 6.45) is 4.49. The fraction of sp³-hybridized carbons (Fsp3) is 0.500. The summed E-state index contributed by atoms with van der Waals surface area (Å²) in [4.78, 5) is 16.0. The van der Waals surface area contributed by atoms with Gasteiger partial charge in [-0.05, 0) is 12.5 Å². The van der Waals surface area contributed by atoms with Crippen molar-refractivity contribution in [1.82, 2.24) is 30.9 Å². The van der Waals surface area contributed by atoms with Crippen LogP contribution in [0.3, 0.4) is 0 Å². The maximum absolute atomic E-state index is 11.8. The van der Waals surface area contributed by atoms with Crippen molar-refractivity contribution in [1.29, 1.82) is 0 Å². The van der Waals surface area contributed by atoms with Crippen molar-refractivity contribution in [2.24, 2.45) is 0 Å². The monoisotopic (exact) mass is 304 g/mol. The largest absolute Gasteiger partial charge is 0.477 e. The molecule has 2 N–H and O–H groups in total. The predicted octanol–water partition coefficient (Wildman–Crippen LogP) is 1.02. The molecule has 0 saturated heterocycles. The molecule has 0 aliphatic carbocycles. The van der Waals surface area contributed by atoms with E-state index in [4.69, 9.17) is 4.74 Å². The van der Waals surface area contributed by atoms with Crippen molar-refractivity contribution in [3.63, 3.8) is 0 Å². The number of H-pyrrole nitrogens is 1. The molecule has 2 aromatic heterocycles. The van der Waals surface area contributed by atoms with E-state index in [1.807, 2.05) is 12.1 Å². The van der Waals surface area contributed by atoms with Crippen LogP contribution in [0.1, 0.15) is 37.6 Å². The van der Waals surface area contributed by atoms with Gasteiger partial charge >= 0.3 is 0 Å². The van der Waals surface area contributed by atoms with Crippen LogP contribution in [-0.4, -0.2) is 38.1 Å². The molecule has 0 aliphatic rings. The highest BCUT2D eigenvalue weighted by atomic mass is 16.5. The van der Waals surface area contributed by atoms with E-state index in [0.717, 1.165) is 18.4 Å². The molecule has 0 aromatic carbocycles. The number of carbonyl (C=O) groups excluding carboxylic acids is 1. The van der Waals surface area contributed by atoms with Crippen LogP contribution in [0, 0.1) is 0 Å². The number of aromatic amines is 1. The lowest BCUT2D eigenvalue weighted by Gasteiger charge is -2.10. The van der Waals surface area contributed by atoms with E-state index in [0.29, 0.717) is 37.7 Å². The van der Waals surface area contributed by atoms with E-state index in [9.17, 15) is 4.79 Å². The van der Waals surface area contributed by atoms with Gasteiger partial charge in [0.2, 0.25) is 11.8 Å². The van der Waals surface area contributed by atoms with E-state index in [1.165, 1.54) is 0 Å². The molecule has 0 unspecified atom stereocenters. The highest BCUT2D eigenvalue weighted by Crippen LogP contribution is 2.14. The molecular formula is C14H20N6O2. The Labute approximate surface area is 128 Å². The average Bonchev–Trinajstić information content (AvgIpc) is 3.05. The van der Waals surface area contributed by atoms with E-state index in [-0.39, 0.29) is 5.91 Å². The molecule has 0 atom stereocenters. The first-order chi connectivity index (χ1) is 10.8. The van der Waals surface area contributed by atoms with Crippen molar-refractivity contribution >= 4 is 5.91 Å². The minimum Gasteiger partial charge on any atom is -0.477 e. The molecule has 0 fully saturated rings. The zero-order valence-corrected chi connectivity index (χ0v) is 12.6. The van der Waals surface area contributed by atoms with Crippen LogP contribution in [0.5, 0.6) is 5.88 Å². The number of carbonyl (C=O) groups is 1. The summed E-state index contributed by atoms with van der Waals surface area (Å²) in [6, 6.07) is 3.72. The molecule has 1 amide bonds. The fourth-order valence-corrected chi connectivity index (χ4v) is 1.80. The number of tetrazole rings is 1. The molecule has 118 valence electrons. The van der Waals surface area contributed by atoms with Gasteiger partial charge in [0.25, 0.3) is 0 Å². The highest BCUT2D eigenvalue weighted by molar-refractivity contribution is 5.76. The van der Waals surface area contributed by atoms with Gasteiger partial charge in [-0.25, -0.2) is 4.98 Å². The van der Waals surface area contributed by atoms with Crippen LogP contribution in [0.4, 0.5) is 0 Å². The van der Waals surface area contributed by atoms with Gasteiger partial charge in [0.05, 0.1) is 6.61 Å². The molecule has 2 rings (SSSR count). The summed E-state index contributed by atoms with van der Waals surface area (Å²) >= 11 is 0. The maximum Gasteiger partial charge on any atom is 0.220 e. The first-order valence-electron chi connectivity index (χ1n) is 7.35. The molecule has 0 bridgehead atoms. The van der Waals surface area contributed by atoms with Crippen LogP contribution >= 0.6 is 0 Å². The Morgan fingerprint density at radius 2 is 2.36 bits per heavy atom. The number of unbranched alkanes of at least 4 members (excludes halogenated alkanes) is 1. The number of hydrogen-bond acceptors (Lipinski definition) is 6. The Morgan fingerprint density at radius 1 is 1.45 bits per heavy atom. The second-order valence-electron chi connectivity index (χ2n) is 4.77.